The van der Waals surface area contributed by atoms with Crippen molar-refractivity contribution in [3.05, 3.63) is 162 Å². The largest absolute Gasteiger partial charge is 0.495 e. The van der Waals surface area contributed by atoms with Gasteiger partial charge in [-0.15, -0.1) is 0 Å². The fourth-order valence-electron chi connectivity index (χ4n) is 7.30. The number of methoxy groups -OCH3 is 1. The maximum atomic E-state index is 15.3. The molecule has 2 unspecified atom stereocenters. The van der Waals surface area contributed by atoms with Crippen molar-refractivity contribution in [1.82, 2.24) is 29.2 Å². The van der Waals surface area contributed by atoms with Crippen LogP contribution in [0.1, 0.15) is 46.3 Å². The van der Waals surface area contributed by atoms with Crippen LogP contribution in [0.15, 0.2) is 128 Å². The van der Waals surface area contributed by atoms with E-state index in [2.05, 4.69) is 25.8 Å². The maximum absolute atomic E-state index is 15.3. The van der Waals surface area contributed by atoms with E-state index >= 15 is 4.39 Å². The molecule has 2 amide bonds. The zero-order valence-corrected chi connectivity index (χ0v) is 31.8. The van der Waals surface area contributed by atoms with E-state index in [0.29, 0.717) is 17.0 Å². The van der Waals surface area contributed by atoms with Gasteiger partial charge in [-0.2, -0.15) is 23.4 Å². The number of hydrogen-bond acceptors (Lipinski definition) is 7. The molecule has 0 radical (unpaired) electrons. The molecule has 0 saturated heterocycles. The average Bonchev–Trinajstić information content (AvgIpc) is 3.69. The summed E-state index contributed by atoms with van der Waals surface area (Å²) >= 11 is 0. The van der Waals surface area contributed by atoms with Crippen molar-refractivity contribution in [2.24, 2.45) is 0 Å². The highest BCUT2D eigenvalue weighted by atomic mass is 19.4. The second-order valence-corrected chi connectivity index (χ2v) is 14.6. The lowest BCUT2D eigenvalue weighted by Gasteiger charge is -2.13. The van der Waals surface area contributed by atoms with Crippen molar-refractivity contribution in [2.75, 3.05) is 17.7 Å². The number of benzene rings is 4. The van der Waals surface area contributed by atoms with Crippen LogP contribution in [-0.2, 0) is 28.6 Å². The Morgan fingerprint density at radius 1 is 0.717 bits per heavy atom. The van der Waals surface area contributed by atoms with Gasteiger partial charge in [-0.1, -0.05) is 54.6 Å². The molecule has 1 aliphatic rings. The molecule has 0 aliphatic heterocycles. The van der Waals surface area contributed by atoms with Gasteiger partial charge in [-0.3, -0.25) is 9.59 Å². The molecule has 4 heterocycles. The van der Waals surface area contributed by atoms with Gasteiger partial charge < -0.3 is 15.4 Å². The van der Waals surface area contributed by atoms with Gasteiger partial charge in [0.2, 0.25) is 11.8 Å². The van der Waals surface area contributed by atoms with Crippen LogP contribution < -0.4 is 15.4 Å². The van der Waals surface area contributed by atoms with E-state index in [1.54, 1.807) is 15.1 Å². The van der Waals surface area contributed by atoms with E-state index < -0.39 is 23.5 Å². The zero-order chi connectivity index (χ0) is 41.5. The highest BCUT2D eigenvalue weighted by Crippen LogP contribution is 2.54. The molecule has 1 fully saturated rings. The summed E-state index contributed by atoms with van der Waals surface area (Å²) < 4.78 is 63.0. The number of rotatable bonds is 11. The maximum Gasteiger partial charge on any atom is 0.416 e. The van der Waals surface area contributed by atoms with Crippen molar-refractivity contribution in [3.8, 4) is 28.0 Å². The molecule has 1 aliphatic carbocycles. The summed E-state index contributed by atoms with van der Waals surface area (Å²) in [6.07, 6.45) is 1.48. The van der Waals surface area contributed by atoms with Crippen molar-refractivity contribution in [1.29, 1.82) is 0 Å². The number of anilines is 2. The summed E-state index contributed by atoms with van der Waals surface area (Å²) in [5.74, 6) is -0.613. The number of pyridine rings is 2. The summed E-state index contributed by atoms with van der Waals surface area (Å²) in [5, 5.41) is 14.1. The van der Waals surface area contributed by atoms with Gasteiger partial charge >= 0.3 is 6.18 Å². The molecule has 60 heavy (non-hydrogen) atoms. The normalized spacial score (nSPS) is 14.9. The Morgan fingerprint density at radius 3 is 1.97 bits per heavy atom. The topological polar surface area (TPSA) is 128 Å². The quantitative estimate of drug-likeness (QED) is 0.125. The monoisotopic (exact) mass is 810 g/mol. The fraction of sp³-hybridized carbons (Fsp3) is 0.156. The molecule has 4 aromatic heterocycles. The third-order valence-corrected chi connectivity index (χ3v) is 10.6. The lowest BCUT2D eigenvalue weighted by molar-refractivity contribution is -0.137. The Bertz CT molecular complexity index is 2910. The first-order valence-electron chi connectivity index (χ1n) is 19.0. The number of ether oxygens (including phenoxy) is 1. The van der Waals surface area contributed by atoms with Crippen molar-refractivity contribution >= 4 is 34.5 Å². The van der Waals surface area contributed by atoms with Crippen LogP contribution in [0, 0.1) is 5.82 Å². The number of nitrogens with zero attached hydrogens (tertiary/aromatic N) is 6. The Labute approximate surface area is 339 Å². The number of amides is 2. The molecule has 9 rings (SSSR count). The van der Waals surface area contributed by atoms with E-state index in [4.69, 9.17) is 9.72 Å². The average molecular weight is 811 g/mol. The van der Waals surface area contributed by atoms with Crippen LogP contribution >= 0.6 is 0 Å². The molecular formula is C45H34F4N8O3. The Hall–Kier alpha value is -7.42. The van der Waals surface area contributed by atoms with E-state index in [-0.39, 0.29) is 47.7 Å². The summed E-state index contributed by atoms with van der Waals surface area (Å²) in [5.41, 5.74) is 6.82. The smallest absolute Gasteiger partial charge is 0.416 e. The van der Waals surface area contributed by atoms with E-state index in [1.165, 1.54) is 25.6 Å². The first-order valence-corrected chi connectivity index (χ1v) is 19.0. The zero-order valence-electron chi connectivity index (χ0n) is 31.8. The van der Waals surface area contributed by atoms with Gasteiger partial charge in [0.1, 0.15) is 17.9 Å². The molecule has 300 valence electrons. The highest BCUT2D eigenvalue weighted by Gasteiger charge is 2.43. The minimum atomic E-state index is -4.53. The summed E-state index contributed by atoms with van der Waals surface area (Å²) in [6, 6.07) is 30.5. The van der Waals surface area contributed by atoms with E-state index in [1.807, 2.05) is 91.3 Å². The lowest BCUT2D eigenvalue weighted by Crippen LogP contribution is -2.15. The van der Waals surface area contributed by atoms with Gasteiger partial charge in [-0.05, 0) is 106 Å². The van der Waals surface area contributed by atoms with Crippen LogP contribution in [0.5, 0.6) is 5.75 Å². The number of carbonyl (C=O) groups excluding carboxylic acids is 2. The predicted octanol–water partition coefficient (Wildman–Crippen LogP) is 8.91. The van der Waals surface area contributed by atoms with Crippen molar-refractivity contribution in [3.63, 3.8) is 0 Å². The minimum Gasteiger partial charge on any atom is -0.495 e. The third kappa shape index (κ3) is 8.01. The van der Waals surface area contributed by atoms with Crippen molar-refractivity contribution < 1.29 is 31.9 Å². The number of halogens is 4. The lowest BCUT2D eigenvalue weighted by atomic mass is 10.0. The standard InChI is InChI=1S/C45H34F4N8O3/c1-60-39-23-33(45(47,48)49)11-13-38(39)53-43(59)19-27-4-8-29(9-5-27)31-15-17-57-41(22-31)54-44(55-57)35-24-34(35)32-10-12-37(36(46)20-32)52-42(58)18-26-2-6-28(7-3-26)30-14-16-56-40(21-30)50-25-51-56/h2-17,20-23,25,34-35H,18-19,24H2,1H3,(H,52,58)(H,53,59). The SMILES string of the molecule is COc1cc(C(F)(F)F)ccc1NC(=O)Cc1ccc(-c2ccn3nc(C4CC4c4ccc(NC(=O)Cc5ccc(-c6ccn7ncnc7c6)cc5)c(F)c4)nc3c2)cc1. The second-order valence-electron chi connectivity index (χ2n) is 14.6. The van der Waals surface area contributed by atoms with Crippen LogP contribution in [0.25, 0.3) is 33.5 Å². The molecule has 2 atom stereocenters. The van der Waals surface area contributed by atoms with Gasteiger partial charge in [0.15, 0.2) is 17.1 Å². The molecule has 8 aromatic rings. The van der Waals surface area contributed by atoms with Crippen LogP contribution in [-0.4, -0.2) is 48.1 Å². The summed E-state index contributed by atoms with van der Waals surface area (Å²) in [4.78, 5) is 34.6. The Balaban J connectivity index is 0.793. The molecular weight excluding hydrogens is 777 g/mol. The first kappa shape index (κ1) is 38.1. The number of nitrogens with one attached hydrogen (secondary N) is 2. The molecule has 11 nitrogen and oxygen atoms in total. The third-order valence-electron chi connectivity index (χ3n) is 10.6. The molecule has 0 spiro atoms. The fourth-order valence-corrected chi connectivity index (χ4v) is 7.30. The van der Waals surface area contributed by atoms with Crippen LogP contribution in [0.2, 0.25) is 0 Å². The second kappa shape index (κ2) is 15.4. The van der Waals surface area contributed by atoms with E-state index in [9.17, 15) is 22.8 Å². The Kier molecular flexibility index (Phi) is 9.78. The van der Waals surface area contributed by atoms with Gasteiger partial charge in [0.25, 0.3) is 0 Å². The first-order chi connectivity index (χ1) is 29.0. The molecule has 2 N–H and O–H groups in total. The minimum absolute atomic E-state index is 0.00149. The van der Waals surface area contributed by atoms with E-state index in [0.717, 1.165) is 57.6 Å². The van der Waals surface area contributed by atoms with Gasteiger partial charge in [0.05, 0.1) is 36.9 Å². The summed E-state index contributed by atoms with van der Waals surface area (Å²) in [7, 11) is 1.24. The molecule has 0 bridgehead atoms. The molecule has 4 aromatic carbocycles. The van der Waals surface area contributed by atoms with Gasteiger partial charge in [-0.25, -0.2) is 23.4 Å². The van der Waals surface area contributed by atoms with Gasteiger partial charge in [0, 0.05) is 18.3 Å². The molecule has 15 heteroatoms. The van der Waals surface area contributed by atoms with Crippen molar-refractivity contribution in [2.45, 2.75) is 37.3 Å². The number of alkyl halides is 3. The van der Waals surface area contributed by atoms with Crippen LogP contribution in [0.4, 0.5) is 28.9 Å². The molecule has 1 saturated carbocycles. The highest BCUT2D eigenvalue weighted by molar-refractivity contribution is 5.94. The number of carbonyl (C=O) groups is 2. The Morgan fingerprint density at radius 2 is 1.33 bits per heavy atom. The number of aromatic nitrogens is 6. The summed E-state index contributed by atoms with van der Waals surface area (Å²) in [6.45, 7) is 0. The predicted molar refractivity (Wildman–Crippen MR) is 216 cm³/mol. The van der Waals surface area contributed by atoms with Crippen LogP contribution in [0.3, 0.4) is 0 Å². The number of fused-ring (bicyclic) bond motifs is 2. The number of hydrogen-bond donors (Lipinski definition) is 2.